The summed E-state index contributed by atoms with van der Waals surface area (Å²) in [6, 6.07) is 0.356. The van der Waals surface area contributed by atoms with Crippen LogP contribution in [-0.2, 0) is 0 Å². The molecule has 4 atom stereocenters. The lowest BCUT2D eigenvalue weighted by atomic mass is 9.71. The van der Waals surface area contributed by atoms with Crippen LogP contribution in [0.1, 0.15) is 64.2 Å². The van der Waals surface area contributed by atoms with Gasteiger partial charge in [-0.25, -0.2) is 0 Å². The highest BCUT2D eigenvalue weighted by atomic mass is 16.3. The van der Waals surface area contributed by atoms with Crippen LogP contribution in [0.15, 0.2) is 0 Å². The number of nitrogens with zero attached hydrogens (tertiary/aromatic N) is 1. The fraction of sp³-hybridized carbons (Fsp3) is 1.00. The van der Waals surface area contributed by atoms with Gasteiger partial charge in [-0.15, -0.1) is 0 Å². The molecular weight excluding hydrogens is 238 g/mol. The third kappa shape index (κ3) is 2.84. The molecule has 3 fully saturated rings. The third-order valence-corrected chi connectivity index (χ3v) is 5.87. The molecule has 1 heterocycles. The summed E-state index contributed by atoms with van der Waals surface area (Å²) < 4.78 is 0. The maximum atomic E-state index is 10.7. The first-order valence-electron chi connectivity index (χ1n) is 8.33. The molecule has 0 aromatic carbocycles. The summed E-state index contributed by atoms with van der Waals surface area (Å²) in [5, 5.41) is 21.1. The smallest absolute Gasteiger partial charge is 0.0700 e. The summed E-state index contributed by atoms with van der Waals surface area (Å²) in [5.74, 6) is 0.449. The Morgan fingerprint density at radius 3 is 2.58 bits per heavy atom. The molecule has 4 unspecified atom stereocenters. The fourth-order valence-electron chi connectivity index (χ4n) is 4.59. The lowest BCUT2D eigenvalue weighted by molar-refractivity contribution is -0.112. The lowest BCUT2D eigenvalue weighted by Crippen LogP contribution is -2.57. The van der Waals surface area contributed by atoms with Crippen molar-refractivity contribution in [1.82, 2.24) is 4.90 Å². The van der Waals surface area contributed by atoms with E-state index in [0.717, 1.165) is 38.8 Å². The number of likely N-dealkylation sites (tertiary alicyclic amines) is 1. The molecule has 2 saturated carbocycles. The minimum atomic E-state index is -0.384. The van der Waals surface area contributed by atoms with E-state index in [9.17, 15) is 10.2 Å². The van der Waals surface area contributed by atoms with E-state index in [4.69, 9.17) is 0 Å². The van der Waals surface area contributed by atoms with E-state index in [2.05, 4.69) is 4.90 Å². The number of hydrogen-bond donors (Lipinski definition) is 2. The highest BCUT2D eigenvalue weighted by Gasteiger charge is 2.44. The molecule has 0 aromatic heterocycles. The van der Waals surface area contributed by atoms with E-state index in [-0.39, 0.29) is 11.7 Å². The first kappa shape index (κ1) is 13.8. The Balaban J connectivity index is 1.66. The van der Waals surface area contributed by atoms with Crippen LogP contribution >= 0.6 is 0 Å². The number of fused-ring (bicyclic) bond motifs is 1. The van der Waals surface area contributed by atoms with Crippen molar-refractivity contribution < 1.29 is 10.2 Å². The van der Waals surface area contributed by atoms with E-state index in [1.807, 2.05) is 0 Å². The largest absolute Gasteiger partial charge is 0.391 e. The lowest BCUT2D eigenvalue weighted by Gasteiger charge is -2.50. The number of hydrogen-bond acceptors (Lipinski definition) is 3. The maximum absolute atomic E-state index is 10.7. The maximum Gasteiger partial charge on any atom is 0.0700 e. The molecule has 2 aliphatic carbocycles. The van der Waals surface area contributed by atoms with Crippen molar-refractivity contribution in [1.29, 1.82) is 0 Å². The van der Waals surface area contributed by atoms with E-state index in [1.54, 1.807) is 0 Å². The molecule has 0 spiro atoms. The molecule has 2 N–H and O–H groups in total. The van der Waals surface area contributed by atoms with Crippen molar-refractivity contribution in [2.45, 2.75) is 82.0 Å². The van der Waals surface area contributed by atoms with E-state index < -0.39 is 0 Å². The predicted molar refractivity (Wildman–Crippen MR) is 76.0 cm³/mol. The minimum Gasteiger partial charge on any atom is -0.391 e. The normalized spacial score (nSPS) is 45.5. The van der Waals surface area contributed by atoms with Gasteiger partial charge in [0.05, 0.1) is 11.7 Å². The highest BCUT2D eigenvalue weighted by molar-refractivity contribution is 4.98. The second-order valence-electron chi connectivity index (χ2n) is 7.06. The summed E-state index contributed by atoms with van der Waals surface area (Å²) >= 11 is 0. The Morgan fingerprint density at radius 2 is 1.68 bits per heavy atom. The molecule has 19 heavy (non-hydrogen) atoms. The molecule has 3 aliphatic rings. The van der Waals surface area contributed by atoms with Crippen LogP contribution < -0.4 is 0 Å². The number of aliphatic hydroxyl groups is 2. The topological polar surface area (TPSA) is 43.7 Å². The molecule has 0 aromatic rings. The fourth-order valence-corrected chi connectivity index (χ4v) is 4.59. The molecule has 0 amide bonds. The van der Waals surface area contributed by atoms with E-state index in [1.165, 1.54) is 38.5 Å². The van der Waals surface area contributed by atoms with Crippen molar-refractivity contribution in [3.05, 3.63) is 0 Å². The van der Waals surface area contributed by atoms with Crippen LogP contribution in [-0.4, -0.2) is 45.9 Å². The van der Waals surface area contributed by atoms with Gasteiger partial charge in [-0.05, 0) is 32.1 Å². The van der Waals surface area contributed by atoms with E-state index >= 15 is 0 Å². The zero-order chi connectivity index (χ0) is 13.3. The summed E-state index contributed by atoms with van der Waals surface area (Å²) in [4.78, 5) is 2.50. The van der Waals surface area contributed by atoms with Gasteiger partial charge in [0, 0.05) is 25.0 Å². The first-order valence-corrected chi connectivity index (χ1v) is 8.33. The van der Waals surface area contributed by atoms with Crippen molar-refractivity contribution in [3.63, 3.8) is 0 Å². The van der Waals surface area contributed by atoms with Gasteiger partial charge >= 0.3 is 0 Å². The van der Waals surface area contributed by atoms with Crippen molar-refractivity contribution in [2.24, 2.45) is 5.92 Å². The predicted octanol–water partition coefficient (Wildman–Crippen LogP) is 2.31. The Bertz CT molecular complexity index is 309. The Hall–Kier alpha value is -0.120. The molecule has 3 rings (SSSR count). The molecule has 3 nitrogen and oxygen atoms in total. The second-order valence-corrected chi connectivity index (χ2v) is 7.06. The average Bonchev–Trinajstić information content (AvgIpc) is 2.62. The van der Waals surface area contributed by atoms with Crippen LogP contribution in [0.25, 0.3) is 0 Å². The van der Waals surface area contributed by atoms with Crippen LogP contribution in [0.5, 0.6) is 0 Å². The third-order valence-electron chi connectivity index (χ3n) is 5.87. The Morgan fingerprint density at radius 1 is 0.895 bits per heavy atom. The average molecular weight is 267 g/mol. The van der Waals surface area contributed by atoms with Gasteiger partial charge in [0.2, 0.25) is 0 Å². The van der Waals surface area contributed by atoms with E-state index in [0.29, 0.717) is 12.0 Å². The zero-order valence-corrected chi connectivity index (χ0v) is 12.1. The SMILES string of the molecule is OC1CCCCCC1N1CCC2(O)CCCCC2C1. The van der Waals surface area contributed by atoms with Gasteiger partial charge in [0.1, 0.15) is 0 Å². The Kier molecular flexibility index (Phi) is 4.16. The molecular formula is C16H29NO2. The second kappa shape index (κ2) is 5.71. The van der Waals surface area contributed by atoms with Gasteiger partial charge in [-0.3, -0.25) is 4.90 Å². The van der Waals surface area contributed by atoms with Crippen molar-refractivity contribution in [3.8, 4) is 0 Å². The molecule has 0 radical (unpaired) electrons. The van der Waals surface area contributed by atoms with Crippen molar-refractivity contribution in [2.75, 3.05) is 13.1 Å². The highest BCUT2D eigenvalue weighted by Crippen LogP contribution is 2.41. The Labute approximate surface area is 117 Å². The monoisotopic (exact) mass is 267 g/mol. The standard InChI is InChI=1S/C16H29NO2/c18-15-8-3-1-2-7-14(15)17-11-10-16(19)9-5-4-6-13(16)12-17/h13-15,18-19H,1-12H2. The zero-order valence-electron chi connectivity index (χ0n) is 12.1. The summed E-state index contributed by atoms with van der Waals surface area (Å²) in [6.07, 6.45) is 11.2. The van der Waals surface area contributed by atoms with Crippen LogP contribution in [0.4, 0.5) is 0 Å². The number of rotatable bonds is 1. The molecule has 3 heteroatoms. The number of piperidine rings is 1. The van der Waals surface area contributed by atoms with Gasteiger partial charge in [-0.2, -0.15) is 0 Å². The quantitative estimate of drug-likeness (QED) is 0.717. The van der Waals surface area contributed by atoms with Gasteiger partial charge in [-0.1, -0.05) is 32.1 Å². The molecule has 0 bridgehead atoms. The van der Waals surface area contributed by atoms with Gasteiger partial charge in [0.25, 0.3) is 0 Å². The van der Waals surface area contributed by atoms with Crippen LogP contribution in [0.3, 0.4) is 0 Å². The number of aliphatic hydroxyl groups excluding tert-OH is 1. The minimum absolute atomic E-state index is 0.141. The summed E-state index contributed by atoms with van der Waals surface area (Å²) in [5.41, 5.74) is -0.384. The summed E-state index contributed by atoms with van der Waals surface area (Å²) in [6.45, 7) is 1.99. The molecule has 1 aliphatic heterocycles. The molecule has 1 saturated heterocycles. The van der Waals surface area contributed by atoms with Crippen molar-refractivity contribution >= 4 is 0 Å². The van der Waals surface area contributed by atoms with Crippen LogP contribution in [0.2, 0.25) is 0 Å². The van der Waals surface area contributed by atoms with Gasteiger partial charge in [0.15, 0.2) is 0 Å². The first-order chi connectivity index (χ1) is 9.19. The van der Waals surface area contributed by atoms with Crippen LogP contribution in [0, 0.1) is 5.92 Å². The molecule has 110 valence electrons. The van der Waals surface area contributed by atoms with Gasteiger partial charge < -0.3 is 10.2 Å². The summed E-state index contributed by atoms with van der Waals surface area (Å²) in [7, 11) is 0.